The Kier molecular flexibility index (Phi) is 16.0. The second-order valence-corrected chi connectivity index (χ2v) is 5.59. The van der Waals surface area contributed by atoms with E-state index in [1.54, 1.807) is 0 Å². The van der Waals surface area contributed by atoms with Gasteiger partial charge in [0.05, 0.1) is 6.61 Å². The lowest BCUT2D eigenvalue weighted by atomic mass is 10.1. The first-order chi connectivity index (χ1) is 9.81. The molecular formula is C18H35NO. The van der Waals surface area contributed by atoms with Crippen LogP contribution in [0.3, 0.4) is 0 Å². The third kappa shape index (κ3) is 15.5. The summed E-state index contributed by atoms with van der Waals surface area (Å²) in [5, 5.41) is 8.76. The van der Waals surface area contributed by atoms with E-state index in [2.05, 4.69) is 25.2 Å². The molecule has 0 aliphatic carbocycles. The summed E-state index contributed by atoms with van der Waals surface area (Å²) in [5.74, 6) is 0. The molecule has 1 atom stereocenters. The molecule has 0 fully saturated rings. The van der Waals surface area contributed by atoms with Crippen molar-refractivity contribution in [2.24, 2.45) is 5.73 Å². The first-order valence-electron chi connectivity index (χ1n) is 8.49. The summed E-state index contributed by atoms with van der Waals surface area (Å²) in [6, 6.07) is -0.183. The van der Waals surface area contributed by atoms with Gasteiger partial charge in [0.15, 0.2) is 0 Å². The molecule has 0 aliphatic rings. The van der Waals surface area contributed by atoms with Crippen molar-refractivity contribution < 1.29 is 5.11 Å². The number of unbranched alkanes of at least 4 members (excludes halogenated alkanes) is 9. The molecule has 2 heteroatoms. The largest absolute Gasteiger partial charge is 0.394 e. The van der Waals surface area contributed by atoms with Gasteiger partial charge in [-0.25, -0.2) is 0 Å². The minimum atomic E-state index is -0.183. The second-order valence-electron chi connectivity index (χ2n) is 5.59. The normalized spacial score (nSPS) is 13.6. The highest BCUT2D eigenvalue weighted by Gasteiger charge is 1.92. The van der Waals surface area contributed by atoms with E-state index in [4.69, 9.17) is 10.8 Å². The Morgan fingerprint density at radius 3 is 1.80 bits per heavy atom. The Labute approximate surface area is 126 Å². The molecule has 0 saturated carbocycles. The Bertz CT molecular complexity index is 236. The van der Waals surface area contributed by atoms with Crippen LogP contribution in [0, 0.1) is 0 Å². The van der Waals surface area contributed by atoms with Crippen LogP contribution in [-0.4, -0.2) is 17.8 Å². The number of nitrogens with two attached hydrogens (primary N) is 1. The standard InChI is InChI=1S/C18H35NO/c1-2-3-4-5-6-7-8-9-10-11-12-13-14-15-16-18(19)17-20/h7-8,15-16,18,20H,2-6,9-14,17,19H2,1H3/b8-7-,16-15+/t18-/m1/s1. The van der Waals surface area contributed by atoms with E-state index >= 15 is 0 Å². The number of allylic oxidation sites excluding steroid dienone is 3. The maximum atomic E-state index is 8.76. The molecule has 2 nitrogen and oxygen atoms in total. The van der Waals surface area contributed by atoms with Crippen LogP contribution in [0.5, 0.6) is 0 Å². The van der Waals surface area contributed by atoms with Gasteiger partial charge in [-0.2, -0.15) is 0 Å². The molecule has 0 heterocycles. The van der Waals surface area contributed by atoms with Gasteiger partial charge >= 0.3 is 0 Å². The van der Waals surface area contributed by atoms with Gasteiger partial charge < -0.3 is 10.8 Å². The Morgan fingerprint density at radius 2 is 1.30 bits per heavy atom. The molecule has 0 aromatic rings. The maximum Gasteiger partial charge on any atom is 0.0618 e. The molecule has 0 unspecified atom stereocenters. The quantitative estimate of drug-likeness (QED) is 0.357. The third-order valence-corrected chi connectivity index (χ3v) is 3.48. The van der Waals surface area contributed by atoms with Crippen LogP contribution in [0.25, 0.3) is 0 Å². The van der Waals surface area contributed by atoms with Crippen LogP contribution in [-0.2, 0) is 0 Å². The topological polar surface area (TPSA) is 46.2 Å². The minimum Gasteiger partial charge on any atom is -0.394 e. The molecule has 3 N–H and O–H groups in total. The van der Waals surface area contributed by atoms with Crippen molar-refractivity contribution in [1.29, 1.82) is 0 Å². The summed E-state index contributed by atoms with van der Waals surface area (Å²) in [5.41, 5.74) is 5.58. The van der Waals surface area contributed by atoms with Crippen molar-refractivity contribution in [3.05, 3.63) is 24.3 Å². The summed E-state index contributed by atoms with van der Waals surface area (Å²) in [6.45, 7) is 2.30. The van der Waals surface area contributed by atoms with Gasteiger partial charge in [0, 0.05) is 6.04 Å². The zero-order chi connectivity index (χ0) is 14.9. The molecule has 0 amide bonds. The highest BCUT2D eigenvalue weighted by Crippen LogP contribution is 2.08. The van der Waals surface area contributed by atoms with Gasteiger partial charge in [-0.05, 0) is 38.5 Å². The molecule has 0 bridgehead atoms. The fourth-order valence-corrected chi connectivity index (χ4v) is 2.13. The number of hydrogen-bond donors (Lipinski definition) is 2. The van der Waals surface area contributed by atoms with Gasteiger partial charge in [0.1, 0.15) is 0 Å². The van der Waals surface area contributed by atoms with Gasteiger partial charge in [0.2, 0.25) is 0 Å². The zero-order valence-corrected chi connectivity index (χ0v) is 13.4. The van der Waals surface area contributed by atoms with Crippen LogP contribution >= 0.6 is 0 Å². The highest BCUT2D eigenvalue weighted by atomic mass is 16.3. The fourth-order valence-electron chi connectivity index (χ4n) is 2.13. The summed E-state index contributed by atoms with van der Waals surface area (Å²) in [6.07, 6.45) is 22.9. The number of hydrogen-bond acceptors (Lipinski definition) is 2. The molecule has 118 valence electrons. The minimum absolute atomic E-state index is 0.0429. The molecule has 0 radical (unpaired) electrons. The second kappa shape index (κ2) is 16.5. The molecule has 20 heavy (non-hydrogen) atoms. The zero-order valence-electron chi connectivity index (χ0n) is 13.4. The number of aliphatic hydroxyl groups excluding tert-OH is 1. The van der Waals surface area contributed by atoms with E-state index < -0.39 is 0 Å². The Morgan fingerprint density at radius 1 is 0.800 bits per heavy atom. The molecule has 0 aromatic heterocycles. The Balaban J connectivity index is 3.16. The fraction of sp³-hybridized carbons (Fsp3) is 0.778. The van der Waals surface area contributed by atoms with Crippen LogP contribution < -0.4 is 5.73 Å². The average Bonchev–Trinajstić information content (AvgIpc) is 2.47. The predicted octanol–water partition coefficient (Wildman–Crippen LogP) is 4.73. The van der Waals surface area contributed by atoms with Crippen molar-refractivity contribution in [1.82, 2.24) is 0 Å². The Hall–Kier alpha value is -0.600. The summed E-state index contributed by atoms with van der Waals surface area (Å²) < 4.78 is 0. The first kappa shape index (κ1) is 19.4. The van der Waals surface area contributed by atoms with Crippen LogP contribution in [0.1, 0.15) is 77.6 Å². The molecule has 0 spiro atoms. The van der Waals surface area contributed by atoms with Crippen molar-refractivity contribution in [2.45, 2.75) is 83.6 Å². The third-order valence-electron chi connectivity index (χ3n) is 3.48. The monoisotopic (exact) mass is 281 g/mol. The van der Waals surface area contributed by atoms with E-state index in [0.29, 0.717) is 0 Å². The van der Waals surface area contributed by atoms with Gasteiger partial charge in [-0.1, -0.05) is 63.3 Å². The lowest BCUT2D eigenvalue weighted by molar-refractivity contribution is 0.284. The van der Waals surface area contributed by atoms with Gasteiger partial charge in [-0.3, -0.25) is 0 Å². The van der Waals surface area contributed by atoms with Crippen LogP contribution in [0.2, 0.25) is 0 Å². The molecule has 0 aliphatic heterocycles. The smallest absolute Gasteiger partial charge is 0.0618 e. The lowest BCUT2D eigenvalue weighted by Crippen LogP contribution is -2.20. The van der Waals surface area contributed by atoms with E-state index in [1.807, 2.05) is 6.08 Å². The summed E-state index contributed by atoms with van der Waals surface area (Å²) in [7, 11) is 0. The van der Waals surface area contributed by atoms with Crippen molar-refractivity contribution in [2.75, 3.05) is 6.61 Å². The van der Waals surface area contributed by atoms with E-state index in [1.165, 1.54) is 64.2 Å². The van der Waals surface area contributed by atoms with Crippen molar-refractivity contribution in [3.8, 4) is 0 Å². The molecule has 0 aromatic carbocycles. The van der Waals surface area contributed by atoms with Gasteiger partial charge in [0.25, 0.3) is 0 Å². The van der Waals surface area contributed by atoms with Crippen molar-refractivity contribution >= 4 is 0 Å². The van der Waals surface area contributed by atoms with Crippen LogP contribution in [0.15, 0.2) is 24.3 Å². The molecular weight excluding hydrogens is 246 g/mol. The maximum absolute atomic E-state index is 8.76. The summed E-state index contributed by atoms with van der Waals surface area (Å²) >= 11 is 0. The molecule has 0 saturated heterocycles. The highest BCUT2D eigenvalue weighted by molar-refractivity contribution is 4.90. The lowest BCUT2D eigenvalue weighted by Gasteiger charge is -2.00. The SMILES string of the molecule is CCCCCC/C=C\CCCCCC/C=C/[C@@H](N)CO. The predicted molar refractivity (Wildman–Crippen MR) is 89.8 cm³/mol. The van der Waals surface area contributed by atoms with Gasteiger partial charge in [-0.15, -0.1) is 0 Å². The van der Waals surface area contributed by atoms with E-state index in [0.717, 1.165) is 6.42 Å². The average molecular weight is 281 g/mol. The summed E-state index contributed by atoms with van der Waals surface area (Å²) in [4.78, 5) is 0. The molecule has 0 rings (SSSR count). The van der Waals surface area contributed by atoms with Crippen LogP contribution in [0.4, 0.5) is 0 Å². The van der Waals surface area contributed by atoms with Crippen molar-refractivity contribution in [3.63, 3.8) is 0 Å². The van der Waals surface area contributed by atoms with E-state index in [-0.39, 0.29) is 12.6 Å². The van der Waals surface area contributed by atoms with E-state index in [9.17, 15) is 0 Å². The number of aliphatic hydroxyl groups is 1. The first-order valence-corrected chi connectivity index (χ1v) is 8.49. The number of rotatable bonds is 14.